The molecule has 0 unspecified atom stereocenters. The van der Waals surface area contributed by atoms with Gasteiger partial charge in [0.15, 0.2) is 5.78 Å². The number of aromatic nitrogens is 11. The molecule has 0 saturated heterocycles. The largest absolute Gasteiger partial charge is 0.574 e. The number of hydrogen-bond acceptors (Lipinski definition) is 13. The molecule has 25 rings (SSSR count). The van der Waals surface area contributed by atoms with Crippen molar-refractivity contribution in [2.45, 2.75) is 13.8 Å². The molecule has 0 atom stereocenters. The van der Waals surface area contributed by atoms with Crippen LogP contribution in [0.15, 0.2) is 442 Å². The van der Waals surface area contributed by atoms with Crippen LogP contribution in [0.4, 0.5) is 22.7 Å². The summed E-state index contributed by atoms with van der Waals surface area (Å²) in [5.74, 6) is 2.69. The summed E-state index contributed by atoms with van der Waals surface area (Å²) in [6.07, 6.45) is 12.3. The van der Waals surface area contributed by atoms with Crippen molar-refractivity contribution in [2.75, 3.05) is 28.8 Å². The molecular formula is C115H86Ir7N15O3-9. The minimum absolute atomic E-state index is 0. The maximum atomic E-state index is 10.0. The Balaban J connectivity index is 0.000000154. The van der Waals surface area contributed by atoms with Gasteiger partial charge < -0.3 is 57.4 Å². The Kier molecular flexibility index (Phi) is 39.9. The van der Waals surface area contributed by atoms with Crippen LogP contribution < -0.4 is 19.8 Å². The molecule has 0 aliphatic carbocycles. The third-order valence-corrected chi connectivity index (χ3v) is 21.7. The number of hydrogen-bond donors (Lipinski definition) is 1. The predicted molar refractivity (Wildman–Crippen MR) is 536 cm³/mol. The molecule has 140 heavy (non-hydrogen) atoms. The molecule has 10 heterocycles. The third kappa shape index (κ3) is 25.1. The number of nitrogens with zero attached hydrogens (tertiary/aromatic N) is 15. The molecule has 8 aromatic heterocycles. The topological polar surface area (TPSA) is 174 Å². The van der Waals surface area contributed by atoms with E-state index in [1.54, 1.807) is 12.4 Å². The zero-order valence-corrected chi connectivity index (χ0v) is 92.2. The van der Waals surface area contributed by atoms with Gasteiger partial charge in [-0.2, -0.15) is 61.9 Å². The van der Waals surface area contributed by atoms with Crippen LogP contribution in [0.2, 0.25) is 0 Å². The fraction of sp³-hybridized carbons (Fsp3) is 0.0348. The predicted octanol–water partition coefficient (Wildman–Crippen LogP) is 26.0. The molecule has 0 amide bonds. The van der Waals surface area contributed by atoms with E-state index in [-0.39, 0.29) is 152 Å². The second kappa shape index (κ2) is 52.2. The number of carbonyl (C=O) groups is 1. The van der Waals surface area contributed by atoms with Crippen LogP contribution in [0.3, 0.4) is 0 Å². The molecule has 2 aliphatic heterocycles. The summed E-state index contributed by atoms with van der Waals surface area (Å²) >= 11 is 0. The van der Waals surface area contributed by atoms with Crippen LogP contribution in [0.5, 0.6) is 0 Å². The monoisotopic (exact) mass is 3080 g/mol. The first-order chi connectivity index (χ1) is 65.5. The first kappa shape index (κ1) is 107. The Morgan fingerprint density at radius 2 is 0.900 bits per heavy atom. The van der Waals surface area contributed by atoms with Crippen LogP contribution in [-0.4, -0.2) is 78.0 Å². The van der Waals surface area contributed by atoms with Gasteiger partial charge in [-0.15, -0.1) is 143 Å². The summed E-state index contributed by atoms with van der Waals surface area (Å²) in [7, 11) is 4.05. The number of aliphatic hydroxyl groups excluding tert-OH is 1. The molecule has 18 nitrogen and oxygen atoms in total. The standard InChI is InChI=1S/C19H11N2.2C19H13N2.C16H12N2O.C15H11N2.C14H12N2.C8H6N3.C5H8O2.7Ir/c1-2-9-15-13(7-1)14-8-3-5-11-17(14)21-18-12-6-4-10-16(18)20-19(15)21;2*1-3-9-15(10-4-1)19-20-17-13-7-8-14-18(17)21(19)16-11-5-2-6-12-16;1-17-9-10-18(11-17)14-7-4-6-13-12-5-2-3-8-15(12)19-16(13)14;1-3-7-13(8-4-1)15-16-11-12-17(15)14-9-5-2-6-10-14;1-15-11-16(12-7-3-2-4-8-12)14-10-6-5-9-13(14)15;1-2-5-9-7(3-1)8-4-6-10-11-8;1-4(6)3-5(2)7;;;;;;;/h1-8,10-12H;2*1-9,11-14H;2-6,8-11H,1H3;1-7,9-12H;2-7,9-11H,1H3;1-6H;3,6H,1-2H3;;;;;;;/q3*-1;-2;-1;-2;-1;;;;;;;;. The Morgan fingerprint density at radius 3 is 1.44 bits per heavy atom. The zero-order chi connectivity index (χ0) is 90.6. The quantitative estimate of drug-likeness (QED) is 0.0593. The average Bonchev–Trinajstić information content (AvgIpc) is 1.55. The van der Waals surface area contributed by atoms with Gasteiger partial charge in [0, 0.05) is 222 Å². The Morgan fingerprint density at radius 1 is 0.400 bits per heavy atom. The summed E-state index contributed by atoms with van der Waals surface area (Å²) in [5, 5.41) is 21.7. The van der Waals surface area contributed by atoms with Crippen molar-refractivity contribution in [3.05, 3.63) is 487 Å². The minimum atomic E-state index is -0.125. The number of furan rings is 1. The first-order valence-corrected chi connectivity index (χ1v) is 43.2. The van der Waals surface area contributed by atoms with Crippen molar-refractivity contribution in [1.82, 2.24) is 58.1 Å². The zero-order valence-electron chi connectivity index (χ0n) is 75.5. The van der Waals surface area contributed by atoms with Crippen LogP contribution in [-0.2, 0) is 146 Å². The molecule has 0 fully saturated rings. The molecule has 0 spiro atoms. The van der Waals surface area contributed by atoms with Crippen LogP contribution in [0, 0.1) is 49.7 Å². The third-order valence-electron chi connectivity index (χ3n) is 21.7. The molecule has 1 N–H and O–H groups in total. The van der Waals surface area contributed by atoms with Gasteiger partial charge in [-0.05, 0) is 155 Å². The SMILES string of the molecule is CC(=O)C=C(C)O.CN1C=CN(c2[c-]ccc3c2oc2ccccc23)[CH-]1.CN1[CH-]N(c2[c-]cccc2)c2ccccc21.[Ir].[Ir].[Ir].[Ir].[Ir].[Ir].[Ir].[c-]1cccc2c1c1nc3ccccc3n1c1ccccc21.[c-]1ccccc1-c1nc2ccccc2n1-c1ccccc1.[c-]1ccccc1-c1nc2ccccc2n1-c1ccccc1.[c-]1ccccc1-c1nccn1-c1ccccc1.c1ccc(-c2ccn[n-]2)nc1. The van der Waals surface area contributed by atoms with E-state index in [0.29, 0.717) is 0 Å². The van der Waals surface area contributed by atoms with E-state index in [1.807, 2.05) is 303 Å². The van der Waals surface area contributed by atoms with Gasteiger partial charge in [-0.1, -0.05) is 174 Å². The second-order valence-electron chi connectivity index (χ2n) is 30.7. The number of ketones is 1. The van der Waals surface area contributed by atoms with Crippen molar-refractivity contribution in [3.8, 4) is 62.6 Å². The first-order valence-electron chi connectivity index (χ1n) is 43.2. The van der Waals surface area contributed by atoms with Crippen molar-refractivity contribution < 1.29 is 155 Å². The second-order valence-corrected chi connectivity index (χ2v) is 30.7. The fourth-order valence-corrected chi connectivity index (χ4v) is 15.8. The van der Waals surface area contributed by atoms with Crippen molar-refractivity contribution in [3.63, 3.8) is 0 Å². The summed E-state index contributed by atoms with van der Waals surface area (Å²) in [4.78, 5) is 41.2. The van der Waals surface area contributed by atoms with Gasteiger partial charge in [0.1, 0.15) is 5.58 Å². The number of aliphatic hydroxyl groups is 1. The van der Waals surface area contributed by atoms with E-state index in [9.17, 15) is 4.79 Å². The van der Waals surface area contributed by atoms with Gasteiger partial charge in [0.2, 0.25) is 0 Å². The van der Waals surface area contributed by atoms with Crippen LogP contribution in [0.1, 0.15) is 13.8 Å². The number of imidazole rings is 4. The molecule has 23 aromatic rings. The molecule has 711 valence electrons. The molecule has 7 radical (unpaired) electrons. The maximum Gasteiger partial charge on any atom is 0.155 e. The Labute approximate surface area is 907 Å². The van der Waals surface area contributed by atoms with E-state index in [1.165, 1.54) is 47.6 Å². The molecule has 15 aromatic carbocycles. The van der Waals surface area contributed by atoms with E-state index < -0.39 is 0 Å². The number of para-hydroxylation sites is 14. The number of rotatable bonds is 10. The van der Waals surface area contributed by atoms with Crippen molar-refractivity contribution in [1.29, 1.82) is 0 Å². The van der Waals surface area contributed by atoms with Gasteiger partial charge in [0.05, 0.1) is 62.0 Å². The number of pyridine rings is 2. The number of allylic oxidation sites excluding steroid dienone is 2. The van der Waals surface area contributed by atoms with E-state index in [0.717, 1.165) is 140 Å². The minimum Gasteiger partial charge on any atom is -0.574 e. The van der Waals surface area contributed by atoms with E-state index >= 15 is 0 Å². The van der Waals surface area contributed by atoms with Crippen molar-refractivity contribution >= 4 is 111 Å². The molecular weight excluding hydrogens is 2980 g/mol. The van der Waals surface area contributed by atoms with Gasteiger partial charge in [0.25, 0.3) is 0 Å². The smallest absolute Gasteiger partial charge is 0.155 e. The van der Waals surface area contributed by atoms with Gasteiger partial charge in [-0.25, -0.2) is 0 Å². The van der Waals surface area contributed by atoms with E-state index in [4.69, 9.17) is 24.5 Å². The molecule has 0 saturated carbocycles. The number of carbonyl (C=O) groups excluding carboxylic acids is 1. The Bertz CT molecular complexity index is 7690. The van der Waals surface area contributed by atoms with Crippen molar-refractivity contribution in [2.24, 2.45) is 0 Å². The van der Waals surface area contributed by atoms with Gasteiger partial charge >= 0.3 is 0 Å². The molecule has 2 aliphatic rings. The summed E-state index contributed by atoms with van der Waals surface area (Å²) in [6.45, 7) is 6.93. The maximum absolute atomic E-state index is 10.0. The van der Waals surface area contributed by atoms with Crippen LogP contribution in [0.25, 0.3) is 145 Å². The Hall–Kier alpha value is -13.2. The summed E-state index contributed by atoms with van der Waals surface area (Å²) in [6, 6.07) is 149. The van der Waals surface area contributed by atoms with E-state index in [2.05, 4.69) is 232 Å². The fourth-order valence-electron chi connectivity index (χ4n) is 15.8. The van der Waals surface area contributed by atoms with Crippen LogP contribution >= 0.6 is 0 Å². The molecule has 0 bridgehead atoms. The number of anilines is 4. The molecule has 25 heteroatoms. The average molecular weight is 3070 g/mol. The number of fused-ring (bicyclic) bond motifs is 14. The van der Waals surface area contributed by atoms with Gasteiger partial charge in [-0.3, -0.25) is 29.7 Å². The summed E-state index contributed by atoms with van der Waals surface area (Å²) in [5.41, 5.74) is 22.8. The number of benzene rings is 15. The summed E-state index contributed by atoms with van der Waals surface area (Å²) < 4.78 is 14.7. The normalized spacial score (nSPS) is 11.3.